The van der Waals surface area contributed by atoms with Gasteiger partial charge in [0.2, 0.25) is 0 Å². The van der Waals surface area contributed by atoms with Crippen molar-refractivity contribution in [3.8, 4) is 0 Å². The van der Waals surface area contributed by atoms with Gasteiger partial charge in [0.05, 0.1) is 9.96 Å². The second-order valence-electron chi connectivity index (χ2n) is 2.66. The molecule has 1 rings (SSSR count). The standard InChI is InChI=1S/C9H7ClN2O3/c1-6(10)9(13)11-7-2-4-8(5-3-7)12(14)15/h2-5H,1H2,(H,11,13). The molecular formula is C9H7ClN2O3. The molecule has 1 amide bonds. The maximum atomic E-state index is 11.1. The first kappa shape index (κ1) is 11.2. The lowest BCUT2D eigenvalue weighted by Gasteiger charge is -2.02. The molecule has 0 heterocycles. The van der Waals surface area contributed by atoms with Crippen LogP contribution in [0.25, 0.3) is 0 Å². The van der Waals surface area contributed by atoms with Crippen molar-refractivity contribution in [2.45, 2.75) is 0 Å². The van der Waals surface area contributed by atoms with Gasteiger partial charge < -0.3 is 5.32 Å². The van der Waals surface area contributed by atoms with Crippen molar-refractivity contribution in [1.29, 1.82) is 0 Å². The first-order valence-corrected chi connectivity index (χ1v) is 4.28. The van der Waals surface area contributed by atoms with Crippen molar-refractivity contribution in [1.82, 2.24) is 0 Å². The topological polar surface area (TPSA) is 72.2 Å². The number of hydrogen-bond acceptors (Lipinski definition) is 3. The summed E-state index contributed by atoms with van der Waals surface area (Å²) in [7, 11) is 0. The summed E-state index contributed by atoms with van der Waals surface area (Å²) in [6, 6.07) is 5.39. The zero-order valence-electron chi connectivity index (χ0n) is 7.57. The molecule has 78 valence electrons. The number of nitrogens with zero attached hydrogens (tertiary/aromatic N) is 1. The number of carbonyl (C=O) groups excluding carboxylic acids is 1. The molecule has 0 aliphatic rings. The monoisotopic (exact) mass is 226 g/mol. The molecule has 0 bridgehead atoms. The van der Waals surface area contributed by atoms with E-state index in [9.17, 15) is 14.9 Å². The average Bonchev–Trinajstić information content (AvgIpc) is 2.18. The zero-order chi connectivity index (χ0) is 11.4. The van der Waals surface area contributed by atoms with Crippen molar-refractivity contribution in [3.63, 3.8) is 0 Å². The molecule has 0 saturated carbocycles. The highest BCUT2D eigenvalue weighted by molar-refractivity contribution is 6.43. The van der Waals surface area contributed by atoms with Crippen LogP contribution in [0.15, 0.2) is 35.9 Å². The highest BCUT2D eigenvalue weighted by atomic mass is 35.5. The Morgan fingerprint density at radius 3 is 2.33 bits per heavy atom. The summed E-state index contributed by atoms with van der Waals surface area (Å²) in [6.07, 6.45) is 0. The van der Waals surface area contributed by atoms with E-state index >= 15 is 0 Å². The van der Waals surface area contributed by atoms with Crippen LogP contribution in [0.1, 0.15) is 0 Å². The van der Waals surface area contributed by atoms with E-state index in [1.54, 1.807) is 0 Å². The number of non-ortho nitro benzene ring substituents is 1. The van der Waals surface area contributed by atoms with Gasteiger partial charge in [-0.1, -0.05) is 18.2 Å². The summed E-state index contributed by atoms with van der Waals surface area (Å²) in [5.41, 5.74) is 0.380. The van der Waals surface area contributed by atoms with Crippen LogP contribution in [0.3, 0.4) is 0 Å². The number of nitrogens with one attached hydrogen (secondary N) is 1. The second-order valence-corrected chi connectivity index (χ2v) is 3.12. The van der Waals surface area contributed by atoms with Crippen LogP contribution >= 0.6 is 11.6 Å². The van der Waals surface area contributed by atoms with E-state index in [4.69, 9.17) is 11.6 Å². The van der Waals surface area contributed by atoms with Crippen LogP contribution in [0.2, 0.25) is 0 Å². The van der Waals surface area contributed by atoms with Gasteiger partial charge in [-0.15, -0.1) is 0 Å². The van der Waals surface area contributed by atoms with Crippen LogP contribution in [-0.2, 0) is 4.79 Å². The lowest BCUT2D eigenvalue weighted by atomic mass is 10.3. The number of anilines is 1. The number of nitro groups is 1. The van der Waals surface area contributed by atoms with Crippen molar-refractivity contribution < 1.29 is 9.72 Å². The first-order valence-electron chi connectivity index (χ1n) is 3.91. The lowest BCUT2D eigenvalue weighted by molar-refractivity contribution is -0.384. The maximum absolute atomic E-state index is 11.1. The number of rotatable bonds is 3. The molecule has 1 N–H and O–H groups in total. The third-order valence-electron chi connectivity index (χ3n) is 1.58. The molecule has 0 saturated heterocycles. The fraction of sp³-hybridized carbons (Fsp3) is 0. The minimum atomic E-state index is -0.537. The molecule has 5 nitrogen and oxygen atoms in total. The Balaban J connectivity index is 2.77. The van der Waals surface area contributed by atoms with E-state index < -0.39 is 10.8 Å². The molecule has 1 aromatic carbocycles. The molecule has 0 atom stereocenters. The Morgan fingerprint density at radius 1 is 1.40 bits per heavy atom. The highest BCUT2D eigenvalue weighted by Crippen LogP contribution is 2.16. The summed E-state index contributed by atoms with van der Waals surface area (Å²) >= 11 is 5.35. The Kier molecular flexibility index (Phi) is 3.41. The smallest absolute Gasteiger partial charge is 0.269 e. The number of nitro benzene ring substituents is 1. The quantitative estimate of drug-likeness (QED) is 0.488. The van der Waals surface area contributed by atoms with Crippen LogP contribution in [0.5, 0.6) is 0 Å². The molecule has 0 radical (unpaired) electrons. The fourth-order valence-electron chi connectivity index (χ4n) is 0.865. The van der Waals surface area contributed by atoms with Crippen LogP contribution in [-0.4, -0.2) is 10.8 Å². The summed E-state index contributed by atoms with van der Waals surface area (Å²) in [4.78, 5) is 20.9. The molecule has 0 aliphatic carbocycles. The molecule has 0 aromatic heterocycles. The van der Waals surface area contributed by atoms with Gasteiger partial charge in [0, 0.05) is 17.8 Å². The lowest BCUT2D eigenvalue weighted by Crippen LogP contribution is -2.10. The van der Waals surface area contributed by atoms with Crippen molar-refractivity contribution >= 4 is 28.9 Å². The van der Waals surface area contributed by atoms with E-state index in [1.165, 1.54) is 24.3 Å². The first-order chi connectivity index (χ1) is 7.00. The van der Waals surface area contributed by atoms with E-state index in [-0.39, 0.29) is 10.7 Å². The summed E-state index contributed by atoms with van der Waals surface area (Å²) < 4.78 is 0. The number of benzene rings is 1. The van der Waals surface area contributed by atoms with Crippen LogP contribution < -0.4 is 5.32 Å². The zero-order valence-corrected chi connectivity index (χ0v) is 8.32. The van der Waals surface area contributed by atoms with E-state index in [0.29, 0.717) is 5.69 Å². The Bertz CT molecular complexity index is 414. The molecule has 6 heteroatoms. The van der Waals surface area contributed by atoms with Gasteiger partial charge in [0.25, 0.3) is 11.6 Å². The Hall–Kier alpha value is -1.88. The molecular weight excluding hydrogens is 220 g/mol. The van der Waals surface area contributed by atoms with Gasteiger partial charge in [0.1, 0.15) is 0 Å². The SMILES string of the molecule is C=C(Cl)C(=O)Nc1ccc([N+](=O)[O-])cc1. The molecule has 1 aromatic rings. The number of hydrogen-bond donors (Lipinski definition) is 1. The van der Waals surface area contributed by atoms with Gasteiger partial charge in [-0.3, -0.25) is 14.9 Å². The van der Waals surface area contributed by atoms with Gasteiger partial charge in [-0.05, 0) is 12.1 Å². The molecule has 0 fully saturated rings. The Morgan fingerprint density at radius 2 is 1.93 bits per heavy atom. The van der Waals surface area contributed by atoms with Crippen molar-refractivity contribution in [3.05, 3.63) is 46.0 Å². The van der Waals surface area contributed by atoms with Gasteiger partial charge in [-0.2, -0.15) is 0 Å². The largest absolute Gasteiger partial charge is 0.321 e. The van der Waals surface area contributed by atoms with Crippen LogP contribution in [0, 0.1) is 10.1 Å². The highest BCUT2D eigenvalue weighted by Gasteiger charge is 2.07. The number of amides is 1. The van der Waals surface area contributed by atoms with Gasteiger partial charge in [0.15, 0.2) is 0 Å². The average molecular weight is 227 g/mol. The van der Waals surface area contributed by atoms with Gasteiger partial charge in [-0.25, -0.2) is 0 Å². The third-order valence-corrected chi connectivity index (χ3v) is 1.75. The molecule has 0 spiro atoms. The minimum absolute atomic E-state index is 0.0438. The second kappa shape index (κ2) is 4.56. The van der Waals surface area contributed by atoms with Crippen molar-refractivity contribution in [2.75, 3.05) is 5.32 Å². The van der Waals surface area contributed by atoms with Crippen molar-refractivity contribution in [2.24, 2.45) is 0 Å². The van der Waals surface area contributed by atoms with Crippen LogP contribution in [0.4, 0.5) is 11.4 Å². The fourth-order valence-corrected chi connectivity index (χ4v) is 0.913. The number of carbonyl (C=O) groups is 1. The minimum Gasteiger partial charge on any atom is -0.321 e. The summed E-state index contributed by atoms with van der Waals surface area (Å²) in [6.45, 7) is 3.24. The third kappa shape index (κ3) is 3.07. The van der Waals surface area contributed by atoms with E-state index in [2.05, 4.69) is 11.9 Å². The molecule has 15 heavy (non-hydrogen) atoms. The van der Waals surface area contributed by atoms with E-state index in [0.717, 1.165) is 0 Å². The summed E-state index contributed by atoms with van der Waals surface area (Å²) in [5, 5.41) is 12.6. The summed E-state index contributed by atoms with van der Waals surface area (Å²) in [5.74, 6) is -0.537. The predicted octanol–water partition coefficient (Wildman–Crippen LogP) is 2.29. The number of halogens is 1. The van der Waals surface area contributed by atoms with Gasteiger partial charge >= 0.3 is 0 Å². The predicted molar refractivity (Wildman–Crippen MR) is 56.7 cm³/mol. The molecule has 0 aliphatic heterocycles. The van der Waals surface area contributed by atoms with E-state index in [1.807, 2.05) is 0 Å². The maximum Gasteiger partial charge on any atom is 0.269 e. The molecule has 0 unspecified atom stereocenters. The Labute approximate surface area is 90.5 Å². The normalized spacial score (nSPS) is 9.40.